The minimum atomic E-state index is 0.172. The van der Waals surface area contributed by atoms with Crippen LogP contribution >= 0.6 is 7.92 Å². The first-order valence-corrected chi connectivity index (χ1v) is 19.6. The Morgan fingerprint density at radius 2 is 1.31 bits per heavy atom. The second kappa shape index (κ2) is 20.3. The fraction of sp³-hybridized carbons (Fsp3) is 1.00. The Bertz CT molecular complexity index is 584. The zero-order chi connectivity index (χ0) is 29.5. The number of nitrogens with zero attached hydrogens (tertiary/aromatic N) is 1. The van der Waals surface area contributed by atoms with Crippen molar-refractivity contribution < 1.29 is 0 Å². The maximum Gasteiger partial charge on any atom is 0.0103 e. The molecule has 2 heteroatoms. The molecule has 39 heavy (non-hydrogen) atoms. The molecule has 0 heterocycles. The van der Waals surface area contributed by atoms with E-state index in [4.69, 9.17) is 0 Å². The van der Waals surface area contributed by atoms with Crippen molar-refractivity contribution in [2.24, 2.45) is 29.6 Å². The molecule has 1 nitrogen and oxygen atoms in total. The molecule has 0 spiro atoms. The second-order valence-electron chi connectivity index (χ2n) is 14.9. The average molecular weight is 566 g/mol. The van der Waals surface area contributed by atoms with Gasteiger partial charge in [-0.05, 0) is 105 Å². The number of hydrogen-bond acceptors (Lipinski definition) is 1. The van der Waals surface area contributed by atoms with Gasteiger partial charge in [-0.1, -0.05) is 129 Å². The van der Waals surface area contributed by atoms with Gasteiger partial charge < -0.3 is 0 Å². The topological polar surface area (TPSA) is 3.24 Å². The van der Waals surface area contributed by atoms with Gasteiger partial charge in [-0.25, -0.2) is 0 Å². The van der Waals surface area contributed by atoms with Crippen LogP contribution in [0.3, 0.4) is 0 Å². The van der Waals surface area contributed by atoms with Crippen LogP contribution in [0.25, 0.3) is 0 Å². The summed E-state index contributed by atoms with van der Waals surface area (Å²) in [6, 6.07) is 1.38. The Labute approximate surface area is 250 Å². The van der Waals surface area contributed by atoms with E-state index < -0.39 is 0 Å². The summed E-state index contributed by atoms with van der Waals surface area (Å²) in [5, 5.41) is 0. The minimum Gasteiger partial charge on any atom is -0.298 e. The van der Waals surface area contributed by atoms with Crippen molar-refractivity contribution in [1.29, 1.82) is 0 Å². The van der Waals surface area contributed by atoms with Gasteiger partial charge >= 0.3 is 0 Å². The van der Waals surface area contributed by atoms with Crippen LogP contribution in [0.1, 0.15) is 173 Å². The molecule has 0 saturated heterocycles. The summed E-state index contributed by atoms with van der Waals surface area (Å²) in [5.41, 5.74) is 3.00. The van der Waals surface area contributed by atoms with Crippen molar-refractivity contribution >= 4 is 7.92 Å². The Kier molecular flexibility index (Phi) is 19.5. The fourth-order valence-electron chi connectivity index (χ4n) is 8.69. The summed E-state index contributed by atoms with van der Waals surface area (Å²) in [7, 11) is 0.172. The van der Waals surface area contributed by atoms with Crippen LogP contribution in [-0.2, 0) is 0 Å². The fourth-order valence-corrected chi connectivity index (χ4v) is 13.0. The number of rotatable bonds is 22. The molecule has 9 unspecified atom stereocenters. The largest absolute Gasteiger partial charge is 0.298 e. The van der Waals surface area contributed by atoms with Gasteiger partial charge in [0.2, 0.25) is 0 Å². The Morgan fingerprint density at radius 1 is 0.692 bits per heavy atom. The van der Waals surface area contributed by atoms with E-state index in [1.54, 1.807) is 0 Å². The molecule has 0 radical (unpaired) electrons. The van der Waals surface area contributed by atoms with Gasteiger partial charge in [-0.3, -0.25) is 4.90 Å². The van der Waals surface area contributed by atoms with Crippen molar-refractivity contribution in [2.75, 3.05) is 6.54 Å². The molecule has 1 fully saturated rings. The smallest absolute Gasteiger partial charge is 0.0103 e. The van der Waals surface area contributed by atoms with Crippen LogP contribution in [0, 0.1) is 29.6 Å². The number of hydrogen-bond donors (Lipinski definition) is 0. The quantitative estimate of drug-likeness (QED) is 0.118. The van der Waals surface area contributed by atoms with Crippen LogP contribution in [0.2, 0.25) is 0 Å². The summed E-state index contributed by atoms with van der Waals surface area (Å²) in [6.45, 7) is 31.3. The molecule has 0 aromatic rings. The summed E-state index contributed by atoms with van der Waals surface area (Å²) in [5.74, 6) is 4.12. The summed E-state index contributed by atoms with van der Waals surface area (Å²) in [6.07, 6.45) is 20.0. The Morgan fingerprint density at radius 3 is 1.85 bits per heavy atom. The van der Waals surface area contributed by atoms with E-state index in [9.17, 15) is 0 Å². The highest BCUT2D eigenvalue weighted by Gasteiger charge is 2.34. The van der Waals surface area contributed by atoms with E-state index >= 15 is 0 Å². The van der Waals surface area contributed by atoms with Gasteiger partial charge in [0.1, 0.15) is 0 Å². The molecular weight excluding hydrogens is 489 g/mol. The maximum absolute atomic E-state index is 2.93. The van der Waals surface area contributed by atoms with Gasteiger partial charge in [0, 0.05) is 12.1 Å². The Hall–Kier alpha value is 0.390. The van der Waals surface area contributed by atoms with Crippen molar-refractivity contribution in [2.45, 2.75) is 202 Å². The zero-order valence-corrected chi connectivity index (χ0v) is 30.2. The normalized spacial score (nSPS) is 22.0. The highest BCUT2D eigenvalue weighted by molar-refractivity contribution is 7.59. The van der Waals surface area contributed by atoms with E-state index in [2.05, 4.69) is 88.0 Å². The van der Waals surface area contributed by atoms with Gasteiger partial charge in [-0.15, -0.1) is 0 Å². The van der Waals surface area contributed by atoms with Gasteiger partial charge in [0.05, 0.1) is 0 Å². The van der Waals surface area contributed by atoms with Crippen LogP contribution in [0.15, 0.2) is 0 Å². The lowest BCUT2D eigenvalue weighted by atomic mass is 9.77. The molecule has 0 amide bonds. The van der Waals surface area contributed by atoms with E-state index in [-0.39, 0.29) is 7.92 Å². The van der Waals surface area contributed by atoms with Crippen molar-refractivity contribution in [3.63, 3.8) is 0 Å². The third kappa shape index (κ3) is 13.1. The molecule has 234 valence electrons. The highest BCUT2D eigenvalue weighted by atomic mass is 31.1. The monoisotopic (exact) mass is 566 g/mol. The van der Waals surface area contributed by atoms with Gasteiger partial charge in [-0.2, -0.15) is 0 Å². The molecular formula is C37H76NP. The highest BCUT2D eigenvalue weighted by Crippen LogP contribution is 2.58. The molecule has 1 rings (SSSR count). The van der Waals surface area contributed by atoms with E-state index in [0.29, 0.717) is 12.1 Å². The molecule has 1 saturated carbocycles. The van der Waals surface area contributed by atoms with Crippen molar-refractivity contribution in [1.82, 2.24) is 4.90 Å². The molecule has 0 aromatic heterocycles. The predicted molar refractivity (Wildman–Crippen MR) is 183 cm³/mol. The molecule has 1 aliphatic rings. The van der Waals surface area contributed by atoms with E-state index in [1.807, 2.05) is 0 Å². The summed E-state index contributed by atoms with van der Waals surface area (Å²) in [4.78, 5) is 2.93. The van der Waals surface area contributed by atoms with Crippen LogP contribution in [-0.4, -0.2) is 40.5 Å². The lowest BCUT2D eigenvalue weighted by Crippen LogP contribution is -2.48. The molecule has 9 atom stereocenters. The lowest BCUT2D eigenvalue weighted by molar-refractivity contribution is 0.0538. The average Bonchev–Trinajstić information content (AvgIpc) is 3.38. The van der Waals surface area contributed by atoms with Crippen LogP contribution in [0.4, 0.5) is 0 Å². The van der Waals surface area contributed by atoms with Crippen LogP contribution in [0.5, 0.6) is 0 Å². The molecule has 1 aliphatic carbocycles. The second-order valence-corrected chi connectivity index (χ2v) is 18.2. The molecule has 0 aliphatic heterocycles. The third-order valence-electron chi connectivity index (χ3n) is 10.9. The van der Waals surface area contributed by atoms with Gasteiger partial charge in [0.15, 0.2) is 0 Å². The Balaban J connectivity index is 2.71. The third-order valence-corrected chi connectivity index (χ3v) is 14.8. The first kappa shape index (κ1) is 37.4. The zero-order valence-electron chi connectivity index (χ0n) is 29.3. The van der Waals surface area contributed by atoms with Crippen LogP contribution < -0.4 is 0 Å². The van der Waals surface area contributed by atoms with E-state index in [1.165, 1.54) is 96.4 Å². The molecule has 0 bridgehead atoms. The summed E-state index contributed by atoms with van der Waals surface area (Å²) < 4.78 is 0. The van der Waals surface area contributed by atoms with E-state index in [0.717, 1.165) is 46.6 Å². The van der Waals surface area contributed by atoms with Crippen molar-refractivity contribution in [3.05, 3.63) is 0 Å². The van der Waals surface area contributed by atoms with Crippen molar-refractivity contribution in [3.8, 4) is 0 Å². The summed E-state index contributed by atoms with van der Waals surface area (Å²) >= 11 is 0. The lowest BCUT2D eigenvalue weighted by Gasteiger charge is -2.43. The first-order chi connectivity index (χ1) is 18.5. The van der Waals surface area contributed by atoms with Gasteiger partial charge in [0.25, 0.3) is 0 Å². The molecule has 0 aromatic carbocycles. The first-order valence-electron chi connectivity index (χ1n) is 18.0. The SMILES string of the molecule is CCCC(C)CC(C)P(C(C)CCCC(C)CCN(C(C)CCC)C(C)C(C(C)C)C(C)CC)C1CCCC1. The minimum absolute atomic E-state index is 0.172. The predicted octanol–water partition coefficient (Wildman–Crippen LogP) is 12.4. The standard InChI is InChI=1S/C37H76NP/c1-13-19-30(7)27-34(11)39(36-23-16-17-24-36)33(10)22-18-21-29(6)25-26-38(32(9)20-14-2)35(12)37(28(4)5)31(8)15-3/h28-37H,13-27H2,1-12H3. The molecule has 0 N–H and O–H groups in total. The maximum atomic E-state index is 2.93.